The molecule has 8 rings (SSSR count). The van der Waals surface area contributed by atoms with Gasteiger partial charge in [-0.1, -0.05) is 57.2 Å². The van der Waals surface area contributed by atoms with Gasteiger partial charge in [-0.2, -0.15) is 0 Å². The zero-order chi connectivity index (χ0) is 52.1. The van der Waals surface area contributed by atoms with Gasteiger partial charge in [-0.15, -0.1) is 0 Å². The minimum absolute atomic E-state index is 0.0261. The van der Waals surface area contributed by atoms with Crippen LogP contribution in [-0.4, -0.2) is 115 Å². The summed E-state index contributed by atoms with van der Waals surface area (Å²) in [5.41, 5.74) is 13.1. The Balaban J connectivity index is 0.826. The summed E-state index contributed by atoms with van der Waals surface area (Å²) in [5.74, 6) is -1.12. The molecule has 4 heterocycles. The number of nitrogens with one attached hydrogen (secondary N) is 3. The van der Waals surface area contributed by atoms with Gasteiger partial charge in [0.1, 0.15) is 6.04 Å². The van der Waals surface area contributed by atoms with Gasteiger partial charge in [0, 0.05) is 94.0 Å². The van der Waals surface area contributed by atoms with Gasteiger partial charge in [0.25, 0.3) is 17.4 Å². The number of amides is 5. The number of rotatable bonds is 16. The van der Waals surface area contributed by atoms with Gasteiger partial charge >= 0.3 is 5.69 Å². The number of carbonyl (C=O) groups is 5. The molecule has 2 saturated heterocycles. The normalized spacial score (nSPS) is 15.2. The second-order valence-corrected chi connectivity index (χ2v) is 20.0. The van der Waals surface area contributed by atoms with Crippen molar-refractivity contribution in [3.63, 3.8) is 0 Å². The van der Waals surface area contributed by atoms with E-state index >= 15 is 0 Å². The Hall–Kier alpha value is -7.70. The first-order chi connectivity index (χ1) is 34.9. The maximum Gasteiger partial charge on any atom is 0.329 e. The average molecular weight is 992 g/mol. The average Bonchev–Trinajstić information content (AvgIpc) is 3.63. The van der Waals surface area contributed by atoms with Gasteiger partial charge in [-0.25, -0.2) is 9.78 Å². The highest BCUT2D eigenvalue weighted by Crippen LogP contribution is 2.30. The van der Waals surface area contributed by atoms with E-state index in [1.54, 1.807) is 58.9 Å². The van der Waals surface area contributed by atoms with E-state index in [9.17, 15) is 33.6 Å². The Morgan fingerprint density at radius 3 is 2.21 bits per heavy atom. The summed E-state index contributed by atoms with van der Waals surface area (Å²) in [5, 5.41) is 8.52. The van der Waals surface area contributed by atoms with E-state index in [1.807, 2.05) is 67.6 Å². The van der Waals surface area contributed by atoms with Crippen molar-refractivity contribution in [3.8, 4) is 11.3 Å². The smallest absolute Gasteiger partial charge is 0.329 e. The van der Waals surface area contributed by atoms with E-state index in [0.29, 0.717) is 85.9 Å². The lowest BCUT2D eigenvalue weighted by Crippen LogP contribution is -2.53. The van der Waals surface area contributed by atoms with Crippen LogP contribution in [0.4, 0.5) is 17.2 Å². The van der Waals surface area contributed by atoms with E-state index in [-0.39, 0.29) is 65.5 Å². The number of hydrogen-bond acceptors (Lipinski definition) is 11. The number of aryl methyl sites for hydroxylation is 3. The molecule has 2 aromatic heterocycles. The molecular formula is C55H65N11O7. The lowest BCUT2D eigenvalue weighted by atomic mass is 9.86. The summed E-state index contributed by atoms with van der Waals surface area (Å²) in [6.45, 7) is 11.6. The summed E-state index contributed by atoms with van der Waals surface area (Å²) >= 11 is 0. The van der Waals surface area contributed by atoms with Crippen molar-refractivity contribution in [1.82, 2.24) is 38.7 Å². The number of aromatic nitrogens is 4. The molecule has 1 atom stereocenters. The highest BCUT2D eigenvalue weighted by molar-refractivity contribution is 6.05. The van der Waals surface area contributed by atoms with Gasteiger partial charge in [-0.3, -0.25) is 48.1 Å². The van der Waals surface area contributed by atoms with Crippen molar-refractivity contribution >= 4 is 57.8 Å². The number of fused-ring (bicyclic) bond motifs is 1. The molecule has 4 aromatic carbocycles. The molecule has 18 nitrogen and oxygen atoms in total. The number of carbonyl (C=O) groups excluding carboxylic acids is 5. The molecule has 2 fully saturated rings. The van der Waals surface area contributed by atoms with Gasteiger partial charge in [0.2, 0.25) is 17.7 Å². The molecular weight excluding hydrogens is 927 g/mol. The zero-order valence-corrected chi connectivity index (χ0v) is 42.5. The molecule has 18 heteroatoms. The van der Waals surface area contributed by atoms with Crippen molar-refractivity contribution in [1.29, 1.82) is 0 Å². The summed E-state index contributed by atoms with van der Waals surface area (Å²) in [7, 11) is 3.35. The Labute approximate surface area is 424 Å². The molecule has 5 amide bonds. The molecule has 0 radical (unpaired) electrons. The molecule has 2 aliphatic heterocycles. The van der Waals surface area contributed by atoms with Crippen LogP contribution in [0.15, 0.2) is 101 Å². The molecule has 382 valence electrons. The quantitative estimate of drug-likeness (QED) is 0.0726. The van der Waals surface area contributed by atoms with Crippen molar-refractivity contribution < 1.29 is 24.0 Å². The van der Waals surface area contributed by atoms with Crippen molar-refractivity contribution in [2.24, 2.45) is 19.8 Å². The third-order valence-electron chi connectivity index (χ3n) is 13.9. The maximum absolute atomic E-state index is 13.7. The third kappa shape index (κ3) is 11.5. The fraction of sp³-hybridized carbons (Fsp3) is 0.382. The number of benzene rings is 4. The molecule has 1 unspecified atom stereocenters. The first-order valence-electron chi connectivity index (χ1n) is 24.9. The van der Waals surface area contributed by atoms with Crippen LogP contribution < -0.4 is 32.9 Å². The summed E-state index contributed by atoms with van der Waals surface area (Å²) in [4.78, 5) is 102. The fourth-order valence-corrected chi connectivity index (χ4v) is 9.70. The number of para-hydroxylation sites is 1. The molecule has 0 bridgehead atoms. The number of unbranched alkanes of at least 4 members (excludes halogenated alkanes) is 1. The Bertz CT molecular complexity index is 3180. The minimum atomic E-state index is -0.750. The van der Waals surface area contributed by atoms with E-state index < -0.39 is 11.9 Å². The summed E-state index contributed by atoms with van der Waals surface area (Å²) in [6.07, 6.45) is 4.36. The zero-order valence-electron chi connectivity index (χ0n) is 42.5. The van der Waals surface area contributed by atoms with Crippen molar-refractivity contribution in [3.05, 3.63) is 140 Å². The monoisotopic (exact) mass is 992 g/mol. The second kappa shape index (κ2) is 22.0. The van der Waals surface area contributed by atoms with E-state index in [2.05, 4.69) is 41.6 Å². The number of piperazine rings is 1. The predicted octanol–water partition coefficient (Wildman–Crippen LogP) is 5.25. The lowest BCUT2D eigenvalue weighted by molar-refractivity contribution is -0.136. The maximum atomic E-state index is 13.7. The first-order valence-corrected chi connectivity index (χ1v) is 24.9. The molecule has 0 saturated carbocycles. The van der Waals surface area contributed by atoms with Crippen LogP contribution in [0.25, 0.3) is 22.3 Å². The van der Waals surface area contributed by atoms with E-state index in [4.69, 9.17) is 10.7 Å². The third-order valence-corrected chi connectivity index (χ3v) is 13.9. The SMILES string of the molecule is Cc1c(NC(=O)c2ccc(C(C)(C)C)cc2)cccc1-c1cn(C)c(=O)c(Nc2ccc(C(=O)N3CCN(C(=O)CN(CCN)CCCCc4cccc5c4n(C)c(=O)n5C4CCC(=O)NC4=O)CC3)cc2)n1. The number of imidazole rings is 1. The van der Waals surface area contributed by atoms with E-state index in [1.165, 1.54) is 9.13 Å². The van der Waals surface area contributed by atoms with Gasteiger partial charge in [-0.05, 0) is 110 Å². The minimum Gasteiger partial charge on any atom is -0.338 e. The second-order valence-electron chi connectivity index (χ2n) is 20.0. The van der Waals surface area contributed by atoms with Gasteiger partial charge < -0.3 is 30.7 Å². The number of imide groups is 1. The van der Waals surface area contributed by atoms with Crippen LogP contribution >= 0.6 is 0 Å². The van der Waals surface area contributed by atoms with Gasteiger partial charge in [0.15, 0.2) is 5.82 Å². The topological polar surface area (TPSA) is 219 Å². The van der Waals surface area contributed by atoms with Crippen LogP contribution in [-0.2, 0) is 40.3 Å². The largest absolute Gasteiger partial charge is 0.338 e. The predicted molar refractivity (Wildman–Crippen MR) is 282 cm³/mol. The standard InChI is InChI=1S/C55H65N11O7/c1-35-41(13-10-14-42(35)59-50(69)37-16-20-39(21-17-37)55(2,3)4)43-33-61(5)53(72)49(58-43)57-40-22-18-38(19-23-40)52(71)65-31-29-64(30-32-65)47(68)34-63(28-26-56)27-8-7-11-36-12-9-15-44-48(36)62(6)54(73)66(44)45-24-25-46(67)60-51(45)70/h9-10,12-23,33,45H,7-8,11,24-32,34,56H2,1-6H3,(H,57,58)(H,59,69)(H,60,67,70). The van der Waals surface area contributed by atoms with Crippen LogP contribution in [0.5, 0.6) is 0 Å². The molecule has 5 N–H and O–H groups in total. The number of nitrogens with two attached hydrogens (primary N) is 1. The number of hydrogen-bond donors (Lipinski definition) is 4. The fourth-order valence-electron chi connectivity index (χ4n) is 9.70. The van der Waals surface area contributed by atoms with Crippen LogP contribution in [0.2, 0.25) is 0 Å². The Morgan fingerprint density at radius 1 is 0.836 bits per heavy atom. The first kappa shape index (κ1) is 51.6. The number of nitrogens with zero attached hydrogens (tertiary/aromatic N) is 7. The molecule has 2 aliphatic rings. The van der Waals surface area contributed by atoms with E-state index in [0.717, 1.165) is 40.6 Å². The molecule has 0 aliphatic carbocycles. The summed E-state index contributed by atoms with van der Waals surface area (Å²) < 4.78 is 4.52. The van der Waals surface area contributed by atoms with Crippen LogP contribution in [0.1, 0.15) is 89.9 Å². The lowest BCUT2D eigenvalue weighted by Gasteiger charge is -2.36. The molecule has 73 heavy (non-hydrogen) atoms. The van der Waals surface area contributed by atoms with Crippen LogP contribution in [0.3, 0.4) is 0 Å². The number of piperidine rings is 1. The molecule has 6 aromatic rings. The van der Waals surface area contributed by atoms with Crippen molar-refractivity contribution in [2.45, 2.75) is 71.3 Å². The number of anilines is 3. The van der Waals surface area contributed by atoms with Crippen LogP contribution in [0, 0.1) is 6.92 Å². The molecule has 0 spiro atoms. The highest BCUT2D eigenvalue weighted by Gasteiger charge is 2.32. The Kier molecular flexibility index (Phi) is 15.5. The Morgan fingerprint density at radius 2 is 1.52 bits per heavy atom. The highest BCUT2D eigenvalue weighted by atomic mass is 16.2. The van der Waals surface area contributed by atoms with Crippen molar-refractivity contribution in [2.75, 3.05) is 63.0 Å². The summed E-state index contributed by atoms with van der Waals surface area (Å²) in [6, 6.07) is 25.0. The van der Waals surface area contributed by atoms with Gasteiger partial charge in [0.05, 0.1) is 23.3 Å².